The zero-order valence-electron chi connectivity index (χ0n) is 10.9. The molecule has 0 bridgehead atoms. The molecule has 1 unspecified atom stereocenters. The van der Waals surface area contributed by atoms with E-state index < -0.39 is 34.0 Å². The lowest BCUT2D eigenvalue weighted by Crippen LogP contribution is -2.49. The van der Waals surface area contributed by atoms with Gasteiger partial charge in [-0.1, -0.05) is 0 Å². The molecule has 2 fully saturated rings. The standard InChI is InChI=1S/C11H18N2O6S/c14-8-6-9(10(15)16)13(7-8)11(17)12-2-1-4-20(18,19)5-3-12/h8-9,14H,1-7H2,(H,15,16)/t8?,9-/m0/s1. The summed E-state index contributed by atoms with van der Waals surface area (Å²) in [6, 6.07) is -1.55. The van der Waals surface area contributed by atoms with Crippen molar-refractivity contribution in [3.63, 3.8) is 0 Å². The van der Waals surface area contributed by atoms with Crippen molar-refractivity contribution in [1.29, 1.82) is 0 Å². The Labute approximate surface area is 116 Å². The molecule has 8 nitrogen and oxygen atoms in total. The fraction of sp³-hybridized carbons (Fsp3) is 0.818. The van der Waals surface area contributed by atoms with Gasteiger partial charge < -0.3 is 20.0 Å². The molecule has 0 radical (unpaired) electrons. The number of amides is 2. The van der Waals surface area contributed by atoms with Crippen LogP contribution in [0.5, 0.6) is 0 Å². The van der Waals surface area contributed by atoms with E-state index >= 15 is 0 Å². The van der Waals surface area contributed by atoms with Gasteiger partial charge in [0.25, 0.3) is 0 Å². The van der Waals surface area contributed by atoms with Gasteiger partial charge in [0, 0.05) is 26.1 Å². The van der Waals surface area contributed by atoms with Gasteiger partial charge in [-0.15, -0.1) is 0 Å². The number of carbonyl (C=O) groups is 2. The predicted molar refractivity (Wildman–Crippen MR) is 69.0 cm³/mol. The molecule has 0 saturated carbocycles. The van der Waals surface area contributed by atoms with Gasteiger partial charge in [0.15, 0.2) is 9.84 Å². The first-order valence-electron chi connectivity index (χ1n) is 6.47. The normalized spacial score (nSPS) is 30.1. The van der Waals surface area contributed by atoms with Gasteiger partial charge in [-0.3, -0.25) is 0 Å². The third-order valence-corrected chi connectivity index (χ3v) is 5.35. The third-order valence-electron chi connectivity index (χ3n) is 3.64. The summed E-state index contributed by atoms with van der Waals surface area (Å²) in [5.41, 5.74) is 0. The lowest BCUT2D eigenvalue weighted by atomic mass is 10.2. The van der Waals surface area contributed by atoms with Crippen molar-refractivity contribution in [3.05, 3.63) is 0 Å². The second-order valence-corrected chi connectivity index (χ2v) is 7.47. The van der Waals surface area contributed by atoms with Gasteiger partial charge in [-0.05, 0) is 6.42 Å². The van der Waals surface area contributed by atoms with E-state index in [0.29, 0.717) is 6.42 Å². The van der Waals surface area contributed by atoms with Gasteiger partial charge in [-0.2, -0.15) is 0 Å². The summed E-state index contributed by atoms with van der Waals surface area (Å²) < 4.78 is 23.0. The molecule has 2 rings (SSSR count). The largest absolute Gasteiger partial charge is 0.480 e. The zero-order chi connectivity index (χ0) is 14.9. The molecule has 0 aliphatic carbocycles. The molecule has 2 heterocycles. The topological polar surface area (TPSA) is 115 Å². The molecule has 2 N–H and O–H groups in total. The van der Waals surface area contributed by atoms with E-state index in [-0.39, 0.29) is 37.6 Å². The van der Waals surface area contributed by atoms with Gasteiger partial charge in [0.1, 0.15) is 6.04 Å². The van der Waals surface area contributed by atoms with Crippen molar-refractivity contribution in [1.82, 2.24) is 9.80 Å². The summed E-state index contributed by atoms with van der Waals surface area (Å²) in [4.78, 5) is 25.9. The minimum absolute atomic E-state index is 0.00715. The van der Waals surface area contributed by atoms with Crippen LogP contribution < -0.4 is 0 Å². The molecule has 0 aromatic rings. The first-order chi connectivity index (χ1) is 9.30. The Balaban J connectivity index is 2.08. The summed E-state index contributed by atoms with van der Waals surface area (Å²) in [5, 5.41) is 18.6. The molecule has 2 saturated heterocycles. The van der Waals surface area contributed by atoms with E-state index in [9.17, 15) is 23.1 Å². The van der Waals surface area contributed by atoms with Gasteiger partial charge in [-0.25, -0.2) is 18.0 Å². The molecular weight excluding hydrogens is 288 g/mol. The van der Waals surface area contributed by atoms with Crippen LogP contribution in [0, 0.1) is 0 Å². The molecule has 2 amide bonds. The molecule has 9 heteroatoms. The second-order valence-electron chi connectivity index (χ2n) is 5.17. The number of aliphatic carboxylic acids is 1. The maximum absolute atomic E-state index is 12.3. The van der Waals surface area contributed by atoms with Crippen molar-refractivity contribution in [2.75, 3.05) is 31.1 Å². The number of carboxylic acid groups (broad SMARTS) is 1. The maximum atomic E-state index is 12.3. The minimum Gasteiger partial charge on any atom is -0.480 e. The Morgan fingerprint density at radius 2 is 1.85 bits per heavy atom. The Bertz CT molecular complexity index is 505. The highest BCUT2D eigenvalue weighted by Crippen LogP contribution is 2.20. The summed E-state index contributed by atoms with van der Waals surface area (Å²) in [7, 11) is -3.13. The number of carbonyl (C=O) groups excluding carboxylic acids is 1. The van der Waals surface area contributed by atoms with Crippen LogP contribution in [0.25, 0.3) is 0 Å². The van der Waals surface area contributed by atoms with E-state index in [1.165, 1.54) is 4.90 Å². The van der Waals surface area contributed by atoms with Crippen molar-refractivity contribution in [3.8, 4) is 0 Å². The van der Waals surface area contributed by atoms with E-state index in [2.05, 4.69) is 0 Å². The summed E-state index contributed by atoms with van der Waals surface area (Å²) >= 11 is 0. The number of aliphatic hydroxyl groups excluding tert-OH is 1. The lowest BCUT2D eigenvalue weighted by molar-refractivity contribution is -0.141. The van der Waals surface area contributed by atoms with Crippen molar-refractivity contribution >= 4 is 21.8 Å². The fourth-order valence-corrected chi connectivity index (χ4v) is 3.84. The van der Waals surface area contributed by atoms with Crippen molar-refractivity contribution in [2.45, 2.75) is 25.0 Å². The fourth-order valence-electron chi connectivity index (χ4n) is 2.57. The average molecular weight is 306 g/mol. The number of urea groups is 1. The second kappa shape index (κ2) is 5.57. The lowest BCUT2D eigenvalue weighted by Gasteiger charge is -2.29. The van der Waals surface area contributed by atoms with Gasteiger partial charge >= 0.3 is 12.0 Å². The number of sulfone groups is 1. The first-order valence-corrected chi connectivity index (χ1v) is 8.29. The Morgan fingerprint density at radius 3 is 2.50 bits per heavy atom. The number of carboxylic acids is 1. The highest BCUT2D eigenvalue weighted by Gasteiger charge is 2.41. The number of likely N-dealkylation sites (tertiary alicyclic amines) is 1. The number of nitrogens with zero attached hydrogens (tertiary/aromatic N) is 2. The highest BCUT2D eigenvalue weighted by molar-refractivity contribution is 7.91. The number of β-amino-alcohol motifs (C(OH)–C–C–N with tert-alkyl or cyclic N) is 1. The summed E-state index contributed by atoms with van der Waals surface area (Å²) in [6.45, 7) is 0.330. The van der Waals surface area contributed by atoms with Gasteiger partial charge in [0.2, 0.25) is 0 Å². The highest BCUT2D eigenvalue weighted by atomic mass is 32.2. The average Bonchev–Trinajstić information content (AvgIpc) is 2.65. The monoisotopic (exact) mass is 306 g/mol. The minimum atomic E-state index is -3.13. The smallest absolute Gasteiger partial charge is 0.326 e. The summed E-state index contributed by atoms with van der Waals surface area (Å²) in [6.07, 6.45) is -0.495. The van der Waals surface area contributed by atoms with Crippen molar-refractivity contribution in [2.24, 2.45) is 0 Å². The SMILES string of the molecule is O=C(O)[C@@H]1CC(O)CN1C(=O)N1CCCS(=O)(=O)CC1. The zero-order valence-corrected chi connectivity index (χ0v) is 11.8. The molecule has 114 valence electrons. The van der Waals surface area contributed by atoms with Crippen molar-refractivity contribution < 1.29 is 28.2 Å². The van der Waals surface area contributed by atoms with Crippen LogP contribution in [0.4, 0.5) is 4.79 Å². The quantitative estimate of drug-likeness (QED) is 0.625. The molecule has 2 aliphatic heterocycles. The number of aliphatic hydroxyl groups is 1. The Morgan fingerprint density at radius 1 is 1.15 bits per heavy atom. The first kappa shape index (κ1) is 15.0. The molecule has 20 heavy (non-hydrogen) atoms. The van der Waals surface area contributed by atoms with E-state index in [1.807, 2.05) is 0 Å². The van der Waals surface area contributed by atoms with Crippen LogP contribution >= 0.6 is 0 Å². The van der Waals surface area contributed by atoms with Crippen LogP contribution in [0.15, 0.2) is 0 Å². The Hall–Kier alpha value is -1.35. The van der Waals surface area contributed by atoms with Crippen LogP contribution in [0.2, 0.25) is 0 Å². The van der Waals surface area contributed by atoms with Crippen LogP contribution in [0.1, 0.15) is 12.8 Å². The third kappa shape index (κ3) is 3.21. The predicted octanol–water partition coefficient (Wildman–Crippen LogP) is -1.25. The molecule has 2 aliphatic rings. The van der Waals surface area contributed by atoms with E-state index in [1.54, 1.807) is 0 Å². The van der Waals surface area contributed by atoms with Crippen LogP contribution in [0.3, 0.4) is 0 Å². The van der Waals surface area contributed by atoms with Crippen LogP contribution in [-0.4, -0.2) is 83.7 Å². The maximum Gasteiger partial charge on any atom is 0.326 e. The number of rotatable bonds is 1. The molecule has 0 aromatic heterocycles. The molecule has 2 atom stereocenters. The molecular formula is C11H18N2O6S. The van der Waals surface area contributed by atoms with Crippen LogP contribution in [-0.2, 0) is 14.6 Å². The molecule has 0 spiro atoms. The number of hydrogen-bond donors (Lipinski definition) is 2. The van der Waals surface area contributed by atoms with E-state index in [0.717, 1.165) is 4.90 Å². The molecule has 0 aromatic carbocycles. The number of hydrogen-bond acceptors (Lipinski definition) is 5. The van der Waals surface area contributed by atoms with E-state index in [4.69, 9.17) is 5.11 Å². The Kier molecular flexibility index (Phi) is 4.19. The summed E-state index contributed by atoms with van der Waals surface area (Å²) in [5.74, 6) is -1.22. The van der Waals surface area contributed by atoms with Gasteiger partial charge in [0.05, 0.1) is 17.6 Å².